The summed E-state index contributed by atoms with van der Waals surface area (Å²) in [6.07, 6.45) is 2.12. The molecule has 0 amide bonds. The predicted molar refractivity (Wildman–Crippen MR) is 46.8 cm³/mol. The van der Waals surface area contributed by atoms with Gasteiger partial charge in [0, 0.05) is 12.8 Å². The topological polar surface area (TPSA) is 3.01 Å². The van der Waals surface area contributed by atoms with Gasteiger partial charge in [0.25, 0.3) is 0 Å². The van der Waals surface area contributed by atoms with Crippen molar-refractivity contribution >= 4 is 6.21 Å². The molecule has 0 heterocycles. The molecular formula is C9H20N+. The molecule has 0 radical (unpaired) electrons. The van der Waals surface area contributed by atoms with Crippen molar-refractivity contribution in [2.45, 2.75) is 27.7 Å². The van der Waals surface area contributed by atoms with E-state index < -0.39 is 0 Å². The fourth-order valence-electron chi connectivity index (χ4n) is 0.770. The molecular weight excluding hydrogens is 122 g/mol. The van der Waals surface area contributed by atoms with Gasteiger partial charge in [0.2, 0.25) is 0 Å². The van der Waals surface area contributed by atoms with Gasteiger partial charge in [0.05, 0.1) is 0 Å². The summed E-state index contributed by atoms with van der Waals surface area (Å²) >= 11 is 0. The van der Waals surface area contributed by atoms with Gasteiger partial charge in [0.15, 0.2) is 0 Å². The van der Waals surface area contributed by atoms with Gasteiger partial charge in [0.1, 0.15) is 19.8 Å². The van der Waals surface area contributed by atoms with Gasteiger partial charge in [-0.05, 0) is 5.92 Å². The largest absolute Gasteiger partial charge is 0.242 e. The van der Waals surface area contributed by atoms with Crippen LogP contribution in [0.1, 0.15) is 27.7 Å². The van der Waals surface area contributed by atoms with E-state index in [4.69, 9.17) is 0 Å². The van der Waals surface area contributed by atoms with Crippen LogP contribution in [0, 0.1) is 11.8 Å². The molecule has 0 aliphatic heterocycles. The summed E-state index contributed by atoms with van der Waals surface area (Å²) < 4.78 is 2.24. The maximum Gasteiger partial charge on any atom is 0.145 e. The Bertz CT molecular complexity index is 114. The van der Waals surface area contributed by atoms with Gasteiger partial charge in [-0.15, -0.1) is 0 Å². The lowest BCUT2D eigenvalue weighted by molar-refractivity contribution is -0.501. The molecule has 0 bridgehead atoms. The van der Waals surface area contributed by atoms with Gasteiger partial charge in [-0.1, -0.05) is 20.8 Å². The first kappa shape index (κ1) is 9.67. The molecule has 0 aromatic rings. The normalized spacial score (nSPS) is 16.0. The molecule has 0 rings (SSSR count). The smallest absolute Gasteiger partial charge is 0.145 e. The maximum absolute atomic E-state index is 2.30. The molecule has 10 heavy (non-hydrogen) atoms. The first-order valence-electron chi connectivity index (χ1n) is 4.07. The minimum atomic E-state index is 0.793. The zero-order valence-electron chi connectivity index (χ0n) is 7.89. The van der Waals surface area contributed by atoms with E-state index in [9.17, 15) is 0 Å². The lowest BCUT2D eigenvalue weighted by atomic mass is 9.98. The first-order chi connectivity index (χ1) is 4.57. The van der Waals surface area contributed by atoms with Gasteiger partial charge in [-0.3, -0.25) is 0 Å². The van der Waals surface area contributed by atoms with Crippen molar-refractivity contribution < 1.29 is 4.58 Å². The zero-order chi connectivity index (χ0) is 8.15. The maximum atomic E-state index is 2.30. The highest BCUT2D eigenvalue weighted by molar-refractivity contribution is 5.46. The summed E-state index contributed by atoms with van der Waals surface area (Å²) in [6, 6.07) is 0. The Hall–Kier alpha value is -0.330. The lowest BCUT2D eigenvalue weighted by Crippen LogP contribution is -2.19. The summed E-state index contributed by atoms with van der Waals surface area (Å²) in [5.41, 5.74) is 0. The van der Waals surface area contributed by atoms with E-state index in [0.717, 1.165) is 11.8 Å². The van der Waals surface area contributed by atoms with Crippen LogP contribution in [0.15, 0.2) is 0 Å². The van der Waals surface area contributed by atoms with Crippen molar-refractivity contribution in [2.75, 3.05) is 13.6 Å². The van der Waals surface area contributed by atoms with Gasteiger partial charge in [-0.25, -0.2) is 4.58 Å². The standard InChI is InChI=1S/C9H20N/c1-6-10(5)7-9(4)8(2)3/h6,8-9H,7H2,1-5H3/q+1. The molecule has 0 N–H and O–H groups in total. The van der Waals surface area contributed by atoms with Crippen LogP contribution in [0.2, 0.25) is 0 Å². The van der Waals surface area contributed by atoms with Crippen LogP contribution in [0.4, 0.5) is 0 Å². The number of hydrogen-bond acceptors (Lipinski definition) is 0. The highest BCUT2D eigenvalue weighted by Gasteiger charge is 2.10. The Morgan fingerprint density at radius 3 is 2.10 bits per heavy atom. The van der Waals surface area contributed by atoms with E-state index in [-0.39, 0.29) is 0 Å². The van der Waals surface area contributed by atoms with E-state index >= 15 is 0 Å². The second-order valence-electron chi connectivity index (χ2n) is 3.42. The quantitative estimate of drug-likeness (QED) is 0.419. The van der Waals surface area contributed by atoms with E-state index in [0.29, 0.717) is 0 Å². The Labute approximate surface area is 64.8 Å². The molecule has 0 aliphatic carbocycles. The van der Waals surface area contributed by atoms with Gasteiger partial charge < -0.3 is 0 Å². The minimum Gasteiger partial charge on any atom is -0.242 e. The molecule has 1 unspecified atom stereocenters. The summed E-state index contributed by atoms with van der Waals surface area (Å²) in [5, 5.41) is 0. The first-order valence-corrected chi connectivity index (χ1v) is 4.07. The third-order valence-electron chi connectivity index (χ3n) is 2.15. The highest BCUT2D eigenvalue weighted by atomic mass is 14.9. The van der Waals surface area contributed by atoms with E-state index in [1.165, 1.54) is 6.54 Å². The summed E-state index contributed by atoms with van der Waals surface area (Å²) in [6.45, 7) is 10.1. The Balaban J connectivity index is 3.68. The van der Waals surface area contributed by atoms with Crippen LogP contribution >= 0.6 is 0 Å². The summed E-state index contributed by atoms with van der Waals surface area (Å²) in [4.78, 5) is 0. The molecule has 1 nitrogen and oxygen atoms in total. The van der Waals surface area contributed by atoms with E-state index in [2.05, 4.69) is 45.5 Å². The molecule has 0 aliphatic rings. The monoisotopic (exact) mass is 142 g/mol. The van der Waals surface area contributed by atoms with E-state index in [1.54, 1.807) is 0 Å². The lowest BCUT2D eigenvalue weighted by Gasteiger charge is -2.11. The molecule has 0 aromatic heterocycles. The van der Waals surface area contributed by atoms with Gasteiger partial charge >= 0.3 is 0 Å². The van der Waals surface area contributed by atoms with Crippen LogP contribution in [0.3, 0.4) is 0 Å². The van der Waals surface area contributed by atoms with Crippen molar-refractivity contribution in [1.82, 2.24) is 0 Å². The third-order valence-corrected chi connectivity index (χ3v) is 2.15. The average Bonchev–Trinajstić information content (AvgIpc) is 1.87. The van der Waals surface area contributed by atoms with Crippen molar-refractivity contribution in [3.05, 3.63) is 0 Å². The van der Waals surface area contributed by atoms with Crippen LogP contribution in [-0.4, -0.2) is 24.4 Å². The van der Waals surface area contributed by atoms with Crippen molar-refractivity contribution in [3.8, 4) is 0 Å². The van der Waals surface area contributed by atoms with Crippen molar-refractivity contribution in [3.63, 3.8) is 0 Å². The molecule has 0 aromatic carbocycles. The molecule has 60 valence electrons. The Morgan fingerprint density at radius 1 is 1.30 bits per heavy atom. The fraction of sp³-hybridized carbons (Fsp3) is 0.889. The minimum absolute atomic E-state index is 0.793. The number of hydrogen-bond donors (Lipinski definition) is 0. The van der Waals surface area contributed by atoms with Crippen LogP contribution in [-0.2, 0) is 0 Å². The predicted octanol–water partition coefficient (Wildman–Crippen LogP) is 2.01. The van der Waals surface area contributed by atoms with Gasteiger partial charge in [-0.2, -0.15) is 0 Å². The molecule has 0 fully saturated rings. The number of rotatable bonds is 3. The second-order valence-corrected chi connectivity index (χ2v) is 3.42. The molecule has 0 saturated carbocycles. The number of nitrogens with zero attached hydrogens (tertiary/aromatic N) is 1. The van der Waals surface area contributed by atoms with Crippen LogP contribution in [0.25, 0.3) is 0 Å². The molecule has 0 saturated heterocycles. The molecule has 1 heteroatoms. The second kappa shape index (κ2) is 4.48. The fourth-order valence-corrected chi connectivity index (χ4v) is 0.770. The molecule has 1 atom stereocenters. The van der Waals surface area contributed by atoms with Crippen LogP contribution < -0.4 is 0 Å². The summed E-state index contributed by atoms with van der Waals surface area (Å²) in [5.74, 6) is 1.59. The third kappa shape index (κ3) is 3.65. The van der Waals surface area contributed by atoms with Crippen molar-refractivity contribution in [2.24, 2.45) is 11.8 Å². The van der Waals surface area contributed by atoms with Crippen LogP contribution in [0.5, 0.6) is 0 Å². The Morgan fingerprint density at radius 2 is 1.80 bits per heavy atom. The Kier molecular flexibility index (Phi) is 4.33. The van der Waals surface area contributed by atoms with E-state index in [1.807, 2.05) is 0 Å². The average molecular weight is 142 g/mol. The SMILES string of the molecule is CC=[N+](C)CC(C)C(C)C. The highest BCUT2D eigenvalue weighted by Crippen LogP contribution is 2.08. The van der Waals surface area contributed by atoms with Crippen molar-refractivity contribution in [1.29, 1.82) is 0 Å². The molecule has 0 spiro atoms. The zero-order valence-corrected chi connectivity index (χ0v) is 7.89. The summed E-state index contributed by atoms with van der Waals surface area (Å²) in [7, 11) is 2.12.